The molecule has 4 rings (SSSR count). The molecule has 0 aliphatic carbocycles. The minimum atomic E-state index is -0.826. The first-order valence-corrected chi connectivity index (χ1v) is 19.4. The molecule has 0 amide bonds. The van der Waals surface area contributed by atoms with Crippen LogP contribution in [0.15, 0.2) is 72.8 Å². The van der Waals surface area contributed by atoms with Crippen molar-refractivity contribution in [3.05, 3.63) is 95.1 Å². The molecule has 0 N–H and O–H groups in total. The number of fused-ring (bicyclic) bond motifs is 1. The Balaban J connectivity index is 0.000000346. The van der Waals surface area contributed by atoms with Gasteiger partial charge in [-0.1, -0.05) is 90.5 Å². The first-order valence-electron chi connectivity index (χ1n) is 11.1. The average Bonchev–Trinajstić information content (AvgIpc) is 3.32. The molecule has 0 aliphatic rings. The Morgan fingerprint density at radius 3 is 1.85 bits per heavy atom. The molecule has 0 aromatic heterocycles. The van der Waals surface area contributed by atoms with Crippen molar-refractivity contribution in [2.75, 3.05) is 0 Å². The maximum absolute atomic E-state index is 4.93. The standard InChI is InChI=1S/C20H21.C7H9.C2H6Si.2ClH.Zr/c1-14-12-16-6-5-7-18(19(16)13-14)15-8-10-17(11-9-15)20(2,3)4;1-6-3-4-7(2)5-6;1-3-2;;;/h5-13H,1-4H3;3-5H,1-2H3;1-2H3;2*1H;/q2*-1;;;;+4/p-2. The van der Waals surface area contributed by atoms with Crippen molar-refractivity contribution in [2.45, 2.75) is 60.1 Å². The topological polar surface area (TPSA) is 0 Å². The third-order valence-corrected chi connectivity index (χ3v) is 5.02. The van der Waals surface area contributed by atoms with E-state index in [2.05, 4.69) is 127 Å². The van der Waals surface area contributed by atoms with Crippen LogP contribution in [0.2, 0.25) is 13.1 Å². The van der Waals surface area contributed by atoms with Gasteiger partial charge in [0.1, 0.15) is 0 Å². The van der Waals surface area contributed by atoms with Gasteiger partial charge in [0.05, 0.1) is 0 Å². The Bertz CT molecular complexity index is 1050. The summed E-state index contributed by atoms with van der Waals surface area (Å²) in [6, 6.07) is 26.5. The molecule has 0 spiro atoms. The molecule has 0 unspecified atom stereocenters. The third-order valence-electron chi connectivity index (χ3n) is 5.02. The van der Waals surface area contributed by atoms with Crippen LogP contribution in [0.5, 0.6) is 0 Å². The molecular weight excluding hydrogens is 539 g/mol. The molecule has 0 heterocycles. The van der Waals surface area contributed by atoms with E-state index < -0.39 is 20.8 Å². The Hall–Kier alpha value is -0.920. The molecule has 4 aromatic carbocycles. The Morgan fingerprint density at radius 2 is 1.42 bits per heavy atom. The second-order valence-corrected chi connectivity index (χ2v) is 13.9. The fourth-order valence-electron chi connectivity index (χ4n) is 3.50. The van der Waals surface area contributed by atoms with E-state index >= 15 is 0 Å². The molecule has 0 bridgehead atoms. The van der Waals surface area contributed by atoms with Crippen LogP contribution in [0, 0.1) is 20.8 Å². The predicted molar refractivity (Wildman–Crippen MR) is 149 cm³/mol. The van der Waals surface area contributed by atoms with Crippen molar-refractivity contribution in [1.82, 2.24) is 0 Å². The average molecular weight is 575 g/mol. The van der Waals surface area contributed by atoms with Crippen molar-refractivity contribution in [1.29, 1.82) is 0 Å². The van der Waals surface area contributed by atoms with Gasteiger partial charge in [0.15, 0.2) is 0 Å². The molecule has 0 saturated carbocycles. The van der Waals surface area contributed by atoms with Gasteiger partial charge >= 0.3 is 37.9 Å². The van der Waals surface area contributed by atoms with E-state index in [1.165, 1.54) is 44.2 Å². The summed E-state index contributed by atoms with van der Waals surface area (Å²) >= 11 is -0.826. The quantitative estimate of drug-likeness (QED) is 0.157. The summed E-state index contributed by atoms with van der Waals surface area (Å²) in [7, 11) is 11.0. The molecule has 33 heavy (non-hydrogen) atoms. The Kier molecular flexibility index (Phi) is 13.8. The number of hydrogen-bond donors (Lipinski definition) is 0. The second kappa shape index (κ2) is 15.2. The summed E-state index contributed by atoms with van der Waals surface area (Å²) in [6.07, 6.45) is 0. The van der Waals surface area contributed by atoms with Crippen LogP contribution in [-0.2, 0) is 26.3 Å². The third kappa shape index (κ3) is 10.5. The van der Waals surface area contributed by atoms with Crippen molar-refractivity contribution in [3.63, 3.8) is 0 Å². The van der Waals surface area contributed by atoms with E-state index in [-0.39, 0.29) is 5.41 Å². The summed E-state index contributed by atoms with van der Waals surface area (Å²) < 4.78 is 0. The second-order valence-electron chi connectivity index (χ2n) is 9.21. The Morgan fingerprint density at radius 1 is 0.848 bits per heavy atom. The van der Waals surface area contributed by atoms with Crippen LogP contribution < -0.4 is 0 Å². The van der Waals surface area contributed by atoms with Gasteiger partial charge in [-0.3, -0.25) is 0 Å². The summed E-state index contributed by atoms with van der Waals surface area (Å²) in [6.45, 7) is 17.4. The van der Waals surface area contributed by atoms with E-state index in [4.69, 9.17) is 17.0 Å². The van der Waals surface area contributed by atoms with Crippen LogP contribution in [-0.4, -0.2) is 9.52 Å². The van der Waals surface area contributed by atoms with E-state index in [0.717, 1.165) is 9.52 Å². The molecule has 174 valence electrons. The van der Waals surface area contributed by atoms with Crippen LogP contribution in [0.3, 0.4) is 0 Å². The SMILES string of the molecule is C[Si]C.Cc1c[cH-]c(C)c1.Cc1cc2c(-c3ccc(C(C)(C)C)cc3)cccc2[cH-]1.[Cl][Zr+2][Cl]. The van der Waals surface area contributed by atoms with Gasteiger partial charge in [-0.25, -0.2) is 11.6 Å². The van der Waals surface area contributed by atoms with Gasteiger partial charge in [0.2, 0.25) is 0 Å². The van der Waals surface area contributed by atoms with Gasteiger partial charge in [-0.05, 0) is 16.5 Å². The van der Waals surface area contributed by atoms with Gasteiger partial charge in [-0.2, -0.15) is 23.8 Å². The number of hydrogen-bond acceptors (Lipinski definition) is 0. The van der Waals surface area contributed by atoms with Crippen molar-refractivity contribution >= 4 is 37.3 Å². The molecule has 0 saturated heterocycles. The van der Waals surface area contributed by atoms with Gasteiger partial charge < -0.3 is 0 Å². The van der Waals surface area contributed by atoms with Crippen LogP contribution in [0.4, 0.5) is 0 Å². The van der Waals surface area contributed by atoms with Crippen LogP contribution in [0.25, 0.3) is 21.9 Å². The summed E-state index contributed by atoms with van der Waals surface area (Å²) in [5.41, 5.74) is 8.27. The number of halogens is 2. The van der Waals surface area contributed by atoms with E-state index in [1.54, 1.807) is 0 Å². The molecule has 0 nitrogen and oxygen atoms in total. The normalized spacial score (nSPS) is 10.1. The molecule has 4 aromatic rings. The molecular formula is C29H36Cl2SiZr. The summed E-state index contributed by atoms with van der Waals surface area (Å²) in [5, 5.41) is 2.69. The zero-order valence-corrected chi connectivity index (χ0v) is 26.2. The molecule has 0 aliphatic heterocycles. The van der Waals surface area contributed by atoms with Gasteiger partial charge in [0.25, 0.3) is 0 Å². The molecule has 0 atom stereocenters. The van der Waals surface area contributed by atoms with Crippen molar-refractivity contribution < 1.29 is 20.8 Å². The van der Waals surface area contributed by atoms with Gasteiger partial charge in [0, 0.05) is 9.52 Å². The number of benzene rings is 2. The fourth-order valence-corrected chi connectivity index (χ4v) is 3.50. The first-order chi connectivity index (χ1) is 15.6. The number of rotatable bonds is 1. The molecule has 4 heteroatoms. The van der Waals surface area contributed by atoms with Crippen LogP contribution in [0.1, 0.15) is 43.0 Å². The first kappa shape index (κ1) is 30.1. The van der Waals surface area contributed by atoms with Crippen LogP contribution >= 0.6 is 17.0 Å². The summed E-state index contributed by atoms with van der Waals surface area (Å²) in [4.78, 5) is 0. The van der Waals surface area contributed by atoms with E-state index in [9.17, 15) is 0 Å². The number of aryl methyl sites for hydroxylation is 3. The van der Waals surface area contributed by atoms with Gasteiger partial charge in [-0.15, -0.1) is 34.5 Å². The molecule has 2 radical (unpaired) electrons. The van der Waals surface area contributed by atoms with E-state index in [1.807, 2.05) is 0 Å². The van der Waals surface area contributed by atoms with E-state index in [0.29, 0.717) is 0 Å². The zero-order chi connectivity index (χ0) is 25.0. The fraction of sp³-hybridized carbons (Fsp3) is 0.310. The summed E-state index contributed by atoms with van der Waals surface area (Å²) in [5.74, 6) is 0. The Labute approximate surface area is 222 Å². The maximum atomic E-state index is 4.93. The predicted octanol–water partition coefficient (Wildman–Crippen LogP) is 10.0. The zero-order valence-electron chi connectivity index (χ0n) is 21.2. The monoisotopic (exact) mass is 572 g/mol. The minimum absolute atomic E-state index is 0.210. The van der Waals surface area contributed by atoms with Crippen molar-refractivity contribution in [3.8, 4) is 11.1 Å². The molecule has 0 fully saturated rings. The van der Waals surface area contributed by atoms with Crippen molar-refractivity contribution in [2.24, 2.45) is 0 Å².